The molecule has 0 aliphatic carbocycles. The standard InChI is InChI=1S/C16H16OS/c1-2-18-13-15-10-6-7-11-16(15)17-12-14-8-4-3-5-9-14/h3-8,10-11H,1-2,12-13H2. The van der Waals surface area contributed by atoms with E-state index in [2.05, 4.69) is 19.1 Å². The van der Waals surface area contributed by atoms with Crippen molar-refractivity contribution in [3.05, 3.63) is 72.6 Å². The lowest BCUT2D eigenvalue weighted by molar-refractivity contribution is 0.303. The van der Waals surface area contributed by atoms with Gasteiger partial charge in [0, 0.05) is 11.3 Å². The topological polar surface area (TPSA) is 9.23 Å². The summed E-state index contributed by atoms with van der Waals surface area (Å²) in [6, 6.07) is 19.2. The van der Waals surface area contributed by atoms with Gasteiger partial charge < -0.3 is 4.74 Å². The fraction of sp³-hybridized carbons (Fsp3) is 0.188. The van der Waals surface area contributed by atoms with E-state index in [9.17, 15) is 0 Å². The van der Waals surface area contributed by atoms with Gasteiger partial charge in [0.15, 0.2) is 0 Å². The van der Waals surface area contributed by atoms with Gasteiger partial charge in [0.2, 0.25) is 0 Å². The van der Waals surface area contributed by atoms with Gasteiger partial charge in [0.25, 0.3) is 0 Å². The first kappa shape index (κ1) is 13.0. The van der Waals surface area contributed by atoms with Gasteiger partial charge >= 0.3 is 0 Å². The van der Waals surface area contributed by atoms with Crippen molar-refractivity contribution in [3.63, 3.8) is 0 Å². The third-order valence-electron chi connectivity index (χ3n) is 2.53. The maximum absolute atomic E-state index is 5.86. The summed E-state index contributed by atoms with van der Waals surface area (Å²) in [6.45, 7) is 4.40. The van der Waals surface area contributed by atoms with Gasteiger partial charge in [-0.05, 0) is 30.4 Å². The highest BCUT2D eigenvalue weighted by molar-refractivity contribution is 7.98. The molecule has 0 amide bonds. The van der Waals surface area contributed by atoms with Crippen molar-refractivity contribution in [2.45, 2.75) is 12.4 Å². The minimum atomic E-state index is 0.562. The Labute approximate surface area is 113 Å². The zero-order chi connectivity index (χ0) is 12.6. The van der Waals surface area contributed by atoms with Crippen molar-refractivity contribution < 1.29 is 4.74 Å². The lowest BCUT2D eigenvalue weighted by Crippen LogP contribution is -1.98. The molecule has 1 nitrogen and oxygen atoms in total. The van der Waals surface area contributed by atoms with Crippen LogP contribution in [0.15, 0.2) is 48.5 Å². The number of benzene rings is 2. The summed E-state index contributed by atoms with van der Waals surface area (Å²) < 4.78 is 5.86. The first-order valence-electron chi connectivity index (χ1n) is 5.93. The molecule has 0 saturated heterocycles. The molecule has 0 aromatic heterocycles. The van der Waals surface area contributed by atoms with Crippen molar-refractivity contribution >= 4 is 11.8 Å². The first-order chi connectivity index (χ1) is 8.90. The van der Waals surface area contributed by atoms with E-state index in [1.165, 1.54) is 5.56 Å². The van der Waals surface area contributed by atoms with Crippen molar-refractivity contribution in [3.8, 4) is 5.75 Å². The maximum Gasteiger partial charge on any atom is 0.123 e. The van der Waals surface area contributed by atoms with E-state index in [-0.39, 0.29) is 0 Å². The summed E-state index contributed by atoms with van der Waals surface area (Å²) in [4.78, 5) is 0. The van der Waals surface area contributed by atoms with Crippen molar-refractivity contribution in [2.24, 2.45) is 0 Å². The molecule has 0 bridgehead atoms. The number of rotatable bonds is 6. The van der Waals surface area contributed by atoms with E-state index in [0.717, 1.165) is 22.8 Å². The summed E-state index contributed by atoms with van der Waals surface area (Å²) in [6.07, 6.45) is 0. The molecule has 0 N–H and O–H groups in total. The molecular weight excluding hydrogens is 240 g/mol. The molecule has 2 aromatic rings. The summed E-state index contributed by atoms with van der Waals surface area (Å²) in [7, 11) is 0. The minimum Gasteiger partial charge on any atom is -0.489 e. The number of para-hydroxylation sites is 1. The highest BCUT2D eigenvalue weighted by Crippen LogP contribution is 2.23. The molecule has 0 atom stereocenters. The van der Waals surface area contributed by atoms with E-state index in [1.807, 2.05) is 42.5 Å². The average molecular weight is 256 g/mol. The molecule has 0 aliphatic heterocycles. The molecule has 2 aromatic carbocycles. The van der Waals surface area contributed by atoms with Crippen molar-refractivity contribution in [1.82, 2.24) is 0 Å². The summed E-state index contributed by atoms with van der Waals surface area (Å²) in [5, 5.41) is 0. The molecule has 0 fully saturated rings. The molecule has 0 saturated carbocycles. The quantitative estimate of drug-likeness (QED) is 0.768. The van der Waals surface area contributed by atoms with Crippen molar-refractivity contribution in [2.75, 3.05) is 5.75 Å². The Morgan fingerprint density at radius 2 is 1.94 bits per heavy atom. The third kappa shape index (κ3) is 3.81. The second-order valence-corrected chi connectivity index (χ2v) is 4.94. The van der Waals surface area contributed by atoms with Crippen LogP contribution in [0.1, 0.15) is 11.1 Å². The summed E-state index contributed by atoms with van der Waals surface area (Å²) in [5.74, 6) is 2.77. The Balaban J connectivity index is 2.00. The van der Waals surface area contributed by atoms with Crippen LogP contribution in [0.3, 0.4) is 0 Å². The van der Waals surface area contributed by atoms with E-state index in [1.54, 1.807) is 11.8 Å². The lowest BCUT2D eigenvalue weighted by Gasteiger charge is -2.10. The zero-order valence-electron chi connectivity index (χ0n) is 10.3. The normalized spacial score (nSPS) is 10.3. The van der Waals surface area contributed by atoms with Crippen LogP contribution < -0.4 is 4.74 Å². The van der Waals surface area contributed by atoms with Crippen LogP contribution in [0.25, 0.3) is 0 Å². The number of ether oxygens (including phenoxy) is 1. The maximum atomic E-state index is 5.86. The Bertz CT molecular complexity index is 468. The number of thioether (sulfide) groups is 1. The Hall–Kier alpha value is -1.41. The fourth-order valence-corrected chi connectivity index (χ4v) is 2.22. The predicted molar refractivity (Wildman–Crippen MR) is 77.6 cm³/mol. The van der Waals surface area contributed by atoms with E-state index < -0.39 is 0 Å². The molecule has 0 aliphatic rings. The van der Waals surface area contributed by atoms with Crippen LogP contribution in [-0.2, 0) is 12.4 Å². The van der Waals surface area contributed by atoms with Crippen LogP contribution in [0, 0.1) is 13.0 Å². The minimum absolute atomic E-state index is 0.562. The Kier molecular flexibility index (Phi) is 5.15. The zero-order valence-corrected chi connectivity index (χ0v) is 11.1. The van der Waals surface area contributed by atoms with Crippen LogP contribution in [0.5, 0.6) is 5.75 Å². The van der Waals surface area contributed by atoms with Gasteiger partial charge in [0.05, 0.1) is 0 Å². The molecule has 0 unspecified atom stereocenters. The first-order valence-corrected chi connectivity index (χ1v) is 7.09. The van der Waals surface area contributed by atoms with E-state index in [4.69, 9.17) is 4.74 Å². The predicted octanol–water partition coefficient (Wildman–Crippen LogP) is 4.13. The Morgan fingerprint density at radius 3 is 2.72 bits per heavy atom. The van der Waals surface area contributed by atoms with Gasteiger partial charge in [-0.2, -0.15) is 11.8 Å². The Morgan fingerprint density at radius 1 is 1.11 bits per heavy atom. The molecule has 92 valence electrons. The van der Waals surface area contributed by atoms with Gasteiger partial charge in [0.1, 0.15) is 12.4 Å². The molecule has 0 spiro atoms. The van der Waals surface area contributed by atoms with Crippen LogP contribution in [0.4, 0.5) is 0 Å². The molecule has 2 rings (SSSR count). The molecule has 18 heavy (non-hydrogen) atoms. The second kappa shape index (κ2) is 7.12. The molecular formula is C16H16OS. The van der Waals surface area contributed by atoms with Gasteiger partial charge in [-0.1, -0.05) is 42.5 Å². The summed E-state index contributed by atoms with van der Waals surface area (Å²) in [5.41, 5.74) is 2.29. The van der Waals surface area contributed by atoms with Crippen LogP contribution in [0.2, 0.25) is 0 Å². The highest BCUT2D eigenvalue weighted by Gasteiger charge is 2.03. The smallest absolute Gasteiger partial charge is 0.123 e. The third-order valence-corrected chi connectivity index (χ3v) is 3.33. The number of hydrogen-bond donors (Lipinski definition) is 0. The van der Waals surface area contributed by atoms with Crippen LogP contribution >= 0.6 is 11.8 Å². The van der Waals surface area contributed by atoms with Gasteiger partial charge in [-0.3, -0.25) is 0 Å². The molecule has 2 heteroatoms. The lowest BCUT2D eigenvalue weighted by atomic mass is 10.2. The van der Waals surface area contributed by atoms with Crippen molar-refractivity contribution in [1.29, 1.82) is 0 Å². The average Bonchev–Trinajstić information content (AvgIpc) is 2.45. The molecule has 2 radical (unpaired) electrons. The van der Waals surface area contributed by atoms with E-state index >= 15 is 0 Å². The highest BCUT2D eigenvalue weighted by atomic mass is 32.2. The van der Waals surface area contributed by atoms with E-state index in [0.29, 0.717) is 6.61 Å². The molecule has 0 heterocycles. The largest absolute Gasteiger partial charge is 0.489 e. The van der Waals surface area contributed by atoms with Gasteiger partial charge in [-0.15, -0.1) is 0 Å². The van der Waals surface area contributed by atoms with Crippen LogP contribution in [-0.4, -0.2) is 5.75 Å². The monoisotopic (exact) mass is 256 g/mol. The number of hydrogen-bond acceptors (Lipinski definition) is 2. The summed E-state index contributed by atoms with van der Waals surface area (Å²) >= 11 is 1.80. The fourth-order valence-electron chi connectivity index (χ4n) is 1.62. The SMILES string of the molecule is [CH2]CSCc1ccccc1OCc1[c]cccc1. The van der Waals surface area contributed by atoms with Gasteiger partial charge in [-0.25, -0.2) is 0 Å². The second-order valence-electron chi connectivity index (χ2n) is 3.84.